The molecule has 0 unspecified atom stereocenters. The molecule has 1 N–H and O–H groups in total. The molecular formula is C15H20BrN3O. The lowest BCUT2D eigenvalue weighted by atomic mass is 10.2. The van der Waals surface area contributed by atoms with Crippen molar-refractivity contribution in [2.45, 2.75) is 20.4 Å². The summed E-state index contributed by atoms with van der Waals surface area (Å²) in [7, 11) is 1.71. The highest BCUT2D eigenvalue weighted by Gasteiger charge is 2.12. The Morgan fingerprint density at radius 1 is 1.25 bits per heavy atom. The van der Waals surface area contributed by atoms with Crippen molar-refractivity contribution in [3.05, 3.63) is 45.7 Å². The molecule has 0 spiro atoms. The number of methoxy groups -OCH3 is 1. The molecule has 0 fully saturated rings. The largest absolute Gasteiger partial charge is 0.383 e. The van der Waals surface area contributed by atoms with Crippen LogP contribution in [0.2, 0.25) is 0 Å². The maximum atomic E-state index is 5.04. The molecule has 0 aliphatic heterocycles. The Kier molecular flexibility index (Phi) is 5.34. The highest BCUT2D eigenvalue weighted by molar-refractivity contribution is 9.10. The number of nitrogens with zero attached hydrogens (tertiary/aromatic N) is 2. The van der Waals surface area contributed by atoms with Crippen molar-refractivity contribution in [1.29, 1.82) is 0 Å². The van der Waals surface area contributed by atoms with Gasteiger partial charge in [-0.25, -0.2) is 4.68 Å². The summed E-state index contributed by atoms with van der Waals surface area (Å²) in [5.41, 5.74) is 4.58. The Hall–Kier alpha value is -1.17. The molecule has 20 heavy (non-hydrogen) atoms. The van der Waals surface area contributed by atoms with E-state index in [9.17, 15) is 0 Å². The molecule has 0 saturated carbocycles. The van der Waals surface area contributed by atoms with Crippen molar-refractivity contribution in [2.24, 2.45) is 0 Å². The first-order valence-corrected chi connectivity index (χ1v) is 7.43. The summed E-state index contributed by atoms with van der Waals surface area (Å²) in [6.45, 7) is 6.54. The second-order valence-corrected chi connectivity index (χ2v) is 5.62. The minimum Gasteiger partial charge on any atom is -0.383 e. The van der Waals surface area contributed by atoms with Crippen LogP contribution in [0, 0.1) is 13.8 Å². The number of rotatable bonds is 6. The van der Waals surface area contributed by atoms with Crippen LogP contribution < -0.4 is 5.32 Å². The summed E-state index contributed by atoms with van der Waals surface area (Å²) in [6.07, 6.45) is 0. The monoisotopic (exact) mass is 337 g/mol. The quantitative estimate of drug-likeness (QED) is 0.823. The van der Waals surface area contributed by atoms with E-state index < -0.39 is 0 Å². The summed E-state index contributed by atoms with van der Waals surface area (Å²) >= 11 is 3.45. The van der Waals surface area contributed by atoms with Gasteiger partial charge in [0.1, 0.15) is 0 Å². The highest BCUT2D eigenvalue weighted by Crippen LogP contribution is 2.19. The van der Waals surface area contributed by atoms with Crippen LogP contribution in [0.5, 0.6) is 0 Å². The molecule has 2 aromatic rings. The van der Waals surface area contributed by atoms with Gasteiger partial charge in [0.2, 0.25) is 0 Å². The lowest BCUT2D eigenvalue weighted by Crippen LogP contribution is -2.19. The molecule has 0 saturated heterocycles. The Morgan fingerprint density at radius 2 is 1.95 bits per heavy atom. The third-order valence-electron chi connectivity index (χ3n) is 3.30. The zero-order chi connectivity index (χ0) is 14.5. The molecule has 0 aliphatic rings. The van der Waals surface area contributed by atoms with E-state index in [2.05, 4.69) is 52.3 Å². The maximum Gasteiger partial charge on any atom is 0.0649 e. The molecular weight excluding hydrogens is 318 g/mol. The van der Waals surface area contributed by atoms with E-state index in [1.807, 2.05) is 16.8 Å². The first-order valence-electron chi connectivity index (χ1n) is 6.64. The molecule has 1 aromatic heterocycles. The lowest BCUT2D eigenvalue weighted by molar-refractivity contribution is 0.199. The highest BCUT2D eigenvalue weighted by atomic mass is 79.9. The Labute approximate surface area is 128 Å². The van der Waals surface area contributed by atoms with Crippen LogP contribution in [0.1, 0.15) is 17.0 Å². The number of hydrogen-bond acceptors (Lipinski definition) is 3. The molecule has 5 heteroatoms. The van der Waals surface area contributed by atoms with E-state index in [1.165, 1.54) is 11.3 Å². The number of nitrogens with one attached hydrogen (secondary N) is 1. The standard InChI is InChI=1S/C15H20BrN3O/c1-11-15(10-17-8-9-20-3)12(2)19(18-11)14-6-4-13(16)5-7-14/h4-7,17H,8-10H2,1-3H3. The van der Waals surface area contributed by atoms with Crippen molar-refractivity contribution >= 4 is 15.9 Å². The predicted molar refractivity (Wildman–Crippen MR) is 84.3 cm³/mol. The van der Waals surface area contributed by atoms with Crippen LogP contribution in [0.25, 0.3) is 5.69 Å². The summed E-state index contributed by atoms with van der Waals surface area (Å²) in [6, 6.07) is 8.18. The number of ether oxygens (including phenoxy) is 1. The first kappa shape index (κ1) is 15.2. The van der Waals surface area contributed by atoms with Gasteiger partial charge in [0.15, 0.2) is 0 Å². The number of hydrogen-bond donors (Lipinski definition) is 1. The SMILES string of the molecule is COCCNCc1c(C)nn(-c2ccc(Br)cc2)c1C. The summed E-state index contributed by atoms with van der Waals surface area (Å²) in [5, 5.41) is 8.01. The normalized spacial score (nSPS) is 11.0. The van der Waals surface area contributed by atoms with E-state index in [4.69, 9.17) is 4.74 Å². The first-order chi connectivity index (χ1) is 9.63. The fourth-order valence-electron chi connectivity index (χ4n) is 2.15. The zero-order valence-corrected chi connectivity index (χ0v) is 13.7. The van der Waals surface area contributed by atoms with Crippen LogP contribution in [-0.4, -0.2) is 30.0 Å². The van der Waals surface area contributed by atoms with E-state index in [1.54, 1.807) is 7.11 Å². The smallest absolute Gasteiger partial charge is 0.0649 e. The van der Waals surface area contributed by atoms with Crippen LogP contribution in [0.3, 0.4) is 0 Å². The minimum absolute atomic E-state index is 0.721. The molecule has 4 nitrogen and oxygen atoms in total. The van der Waals surface area contributed by atoms with Crippen molar-refractivity contribution in [2.75, 3.05) is 20.3 Å². The van der Waals surface area contributed by atoms with Crippen molar-refractivity contribution in [3.63, 3.8) is 0 Å². The van der Waals surface area contributed by atoms with E-state index in [0.29, 0.717) is 0 Å². The average Bonchev–Trinajstić information content (AvgIpc) is 2.72. The van der Waals surface area contributed by atoms with Crippen molar-refractivity contribution < 1.29 is 4.74 Å². The Morgan fingerprint density at radius 3 is 2.60 bits per heavy atom. The molecule has 0 atom stereocenters. The van der Waals surface area contributed by atoms with Gasteiger partial charge in [-0.3, -0.25) is 0 Å². The molecule has 0 radical (unpaired) electrons. The van der Waals surface area contributed by atoms with Gasteiger partial charge in [-0.2, -0.15) is 5.10 Å². The third-order valence-corrected chi connectivity index (χ3v) is 3.83. The maximum absolute atomic E-state index is 5.04. The number of aromatic nitrogens is 2. The number of aryl methyl sites for hydroxylation is 1. The lowest BCUT2D eigenvalue weighted by Gasteiger charge is -2.07. The van der Waals surface area contributed by atoms with Crippen LogP contribution in [0.4, 0.5) is 0 Å². The van der Waals surface area contributed by atoms with Crippen molar-refractivity contribution in [3.8, 4) is 5.69 Å². The number of benzene rings is 1. The molecule has 0 aliphatic carbocycles. The van der Waals surface area contributed by atoms with Gasteiger partial charge >= 0.3 is 0 Å². The molecule has 1 heterocycles. The van der Waals surface area contributed by atoms with Gasteiger partial charge in [0, 0.05) is 35.9 Å². The summed E-state index contributed by atoms with van der Waals surface area (Å²) in [4.78, 5) is 0. The molecule has 2 rings (SSSR count). The van der Waals surface area contributed by atoms with Crippen molar-refractivity contribution in [1.82, 2.24) is 15.1 Å². The van der Waals surface area contributed by atoms with Crippen LogP contribution in [0.15, 0.2) is 28.7 Å². The minimum atomic E-state index is 0.721. The summed E-state index contributed by atoms with van der Waals surface area (Å²) < 4.78 is 8.11. The predicted octanol–water partition coefficient (Wildman–Crippen LogP) is 2.99. The van der Waals surface area contributed by atoms with Gasteiger partial charge in [-0.1, -0.05) is 15.9 Å². The second kappa shape index (κ2) is 7.02. The topological polar surface area (TPSA) is 39.1 Å². The average molecular weight is 338 g/mol. The molecule has 108 valence electrons. The zero-order valence-electron chi connectivity index (χ0n) is 12.1. The fraction of sp³-hybridized carbons (Fsp3) is 0.400. The van der Waals surface area contributed by atoms with Gasteiger partial charge in [-0.05, 0) is 38.1 Å². The Balaban J connectivity index is 2.17. The fourth-order valence-corrected chi connectivity index (χ4v) is 2.42. The van der Waals surface area contributed by atoms with Gasteiger partial charge < -0.3 is 10.1 Å². The van der Waals surface area contributed by atoms with Crippen LogP contribution >= 0.6 is 15.9 Å². The molecule has 0 bridgehead atoms. The second-order valence-electron chi connectivity index (χ2n) is 4.71. The third kappa shape index (κ3) is 3.48. The van der Waals surface area contributed by atoms with E-state index >= 15 is 0 Å². The molecule has 0 amide bonds. The Bertz CT molecular complexity index is 563. The van der Waals surface area contributed by atoms with E-state index in [-0.39, 0.29) is 0 Å². The van der Waals surface area contributed by atoms with Gasteiger partial charge in [-0.15, -0.1) is 0 Å². The summed E-state index contributed by atoms with van der Waals surface area (Å²) in [5.74, 6) is 0. The van der Waals surface area contributed by atoms with Gasteiger partial charge in [0.05, 0.1) is 18.0 Å². The van der Waals surface area contributed by atoms with E-state index in [0.717, 1.165) is 35.6 Å². The number of halogens is 1. The van der Waals surface area contributed by atoms with Gasteiger partial charge in [0.25, 0.3) is 0 Å². The molecule has 1 aromatic carbocycles. The van der Waals surface area contributed by atoms with Crippen LogP contribution in [-0.2, 0) is 11.3 Å².